The summed E-state index contributed by atoms with van der Waals surface area (Å²) in [6.45, 7) is 1.50. The molecule has 5 N–H and O–H groups in total. The van der Waals surface area contributed by atoms with E-state index in [1.807, 2.05) is 0 Å². The van der Waals surface area contributed by atoms with Crippen molar-refractivity contribution >= 4 is 40.5 Å². The van der Waals surface area contributed by atoms with Crippen molar-refractivity contribution < 1.29 is 19.9 Å². The molecule has 0 aliphatic rings. The summed E-state index contributed by atoms with van der Waals surface area (Å²) in [7, 11) is 0. The van der Waals surface area contributed by atoms with E-state index in [1.54, 1.807) is 0 Å². The number of halogens is 2. The van der Waals surface area contributed by atoms with Crippen LogP contribution >= 0.6 is 23.2 Å². The Kier molecular flexibility index (Phi) is 7.59. The van der Waals surface area contributed by atoms with E-state index in [0.29, 0.717) is 0 Å². The van der Waals surface area contributed by atoms with Crippen LogP contribution in [0.4, 0.5) is 11.4 Å². The fourth-order valence-corrected chi connectivity index (χ4v) is 1.99. The predicted octanol–water partition coefficient (Wildman–Crippen LogP) is 3.14. The highest BCUT2D eigenvalue weighted by Crippen LogP contribution is 2.28. The van der Waals surface area contributed by atoms with E-state index in [-0.39, 0.29) is 32.7 Å². The minimum Gasteiger partial charge on any atom is -0.507 e. The molecular formula is C15H15Cl2N3O5. The Morgan fingerprint density at radius 1 is 1.28 bits per heavy atom. The predicted molar refractivity (Wildman–Crippen MR) is 95.0 cm³/mol. The fourth-order valence-electron chi connectivity index (χ4n) is 1.60. The topological polar surface area (TPSA) is 139 Å². The number of amides is 1. The number of phenols is 1. The van der Waals surface area contributed by atoms with Crippen LogP contribution in [0.3, 0.4) is 0 Å². The molecule has 0 fully saturated rings. The first-order valence-electron chi connectivity index (χ1n) is 6.79. The van der Waals surface area contributed by atoms with Gasteiger partial charge in [0, 0.05) is 17.2 Å². The molecule has 1 amide bonds. The van der Waals surface area contributed by atoms with Crippen LogP contribution in [0.5, 0.6) is 5.75 Å². The number of nitro groups is 1. The van der Waals surface area contributed by atoms with E-state index < -0.39 is 17.1 Å². The number of nitrogens with two attached hydrogens (primary N) is 1. The lowest BCUT2D eigenvalue weighted by molar-refractivity contribution is -0.384. The van der Waals surface area contributed by atoms with Crippen molar-refractivity contribution in [3.63, 3.8) is 0 Å². The first kappa shape index (κ1) is 20.7. The number of phenolic OH excluding ortho intramolecular Hbond substituents is 1. The second-order valence-corrected chi connectivity index (χ2v) is 5.62. The third-order valence-electron chi connectivity index (χ3n) is 2.61. The van der Waals surface area contributed by atoms with Crippen LogP contribution in [0.1, 0.15) is 17.3 Å². The molecule has 0 aromatic heterocycles. The fraction of sp³-hybridized carbons (Fsp3) is 0.133. The van der Waals surface area contributed by atoms with Gasteiger partial charge in [0.05, 0.1) is 27.4 Å². The number of carbonyl (C=O) groups is 1. The number of carbonyl (C=O) groups excluding carboxylic acids is 1. The molecule has 0 spiro atoms. The number of hydrogen-bond donors (Lipinski definition) is 4. The maximum Gasteiger partial charge on any atom is 0.271 e. The van der Waals surface area contributed by atoms with Crippen LogP contribution in [0, 0.1) is 10.1 Å². The molecule has 2 rings (SSSR count). The van der Waals surface area contributed by atoms with Crippen molar-refractivity contribution in [1.29, 1.82) is 0 Å². The summed E-state index contributed by atoms with van der Waals surface area (Å²) in [5.74, 6) is -0.874. The summed E-state index contributed by atoms with van der Waals surface area (Å²) in [6, 6.07) is 7.65. The standard InChI is InChI=1S/C13H8Cl2N2O4.C2H7NO/c14-7-1-4-12(18)9(5-7)13(19)16-11-3-2-8(17(20)21)6-10(11)15;1-2(3)4/h1-6,18H,(H,16,19);2,4H,3H2,1H3. The number of aliphatic hydroxyl groups excluding tert-OH is 1. The molecule has 0 aliphatic heterocycles. The van der Waals surface area contributed by atoms with Gasteiger partial charge in [0.15, 0.2) is 0 Å². The number of hydrogen-bond acceptors (Lipinski definition) is 6. The van der Waals surface area contributed by atoms with Gasteiger partial charge in [0.25, 0.3) is 11.6 Å². The molecule has 2 aromatic carbocycles. The number of non-ortho nitro benzene ring substituents is 1. The van der Waals surface area contributed by atoms with E-state index in [4.69, 9.17) is 28.3 Å². The van der Waals surface area contributed by atoms with Crippen LogP contribution in [0.2, 0.25) is 10.0 Å². The molecule has 10 heteroatoms. The number of nitrogens with one attached hydrogen (secondary N) is 1. The highest BCUT2D eigenvalue weighted by atomic mass is 35.5. The average molecular weight is 388 g/mol. The minimum absolute atomic E-state index is 0.0130. The Morgan fingerprint density at radius 2 is 1.88 bits per heavy atom. The number of rotatable bonds is 3. The molecule has 8 nitrogen and oxygen atoms in total. The zero-order chi connectivity index (χ0) is 19.1. The van der Waals surface area contributed by atoms with Crippen LogP contribution in [-0.2, 0) is 0 Å². The van der Waals surface area contributed by atoms with Crippen LogP contribution in [-0.4, -0.2) is 27.3 Å². The maximum atomic E-state index is 12.0. The molecule has 1 unspecified atom stereocenters. The summed E-state index contributed by atoms with van der Waals surface area (Å²) in [5.41, 5.74) is 4.63. The lowest BCUT2D eigenvalue weighted by atomic mass is 10.2. The van der Waals surface area contributed by atoms with Gasteiger partial charge in [-0.25, -0.2) is 0 Å². The van der Waals surface area contributed by atoms with Crippen molar-refractivity contribution in [2.75, 3.05) is 5.32 Å². The summed E-state index contributed by atoms with van der Waals surface area (Å²) in [6.07, 6.45) is -0.667. The van der Waals surface area contributed by atoms with Crippen molar-refractivity contribution in [2.24, 2.45) is 5.73 Å². The Morgan fingerprint density at radius 3 is 2.40 bits per heavy atom. The van der Waals surface area contributed by atoms with E-state index in [9.17, 15) is 20.0 Å². The molecule has 0 radical (unpaired) electrons. The Balaban J connectivity index is 0.000000705. The van der Waals surface area contributed by atoms with E-state index in [2.05, 4.69) is 11.1 Å². The Bertz CT molecular complexity index is 781. The molecule has 0 saturated carbocycles. The van der Waals surface area contributed by atoms with Gasteiger partial charge >= 0.3 is 0 Å². The second kappa shape index (κ2) is 9.19. The van der Waals surface area contributed by atoms with E-state index in [1.165, 1.54) is 37.3 Å². The van der Waals surface area contributed by atoms with Gasteiger partial charge < -0.3 is 21.3 Å². The highest BCUT2D eigenvalue weighted by molar-refractivity contribution is 6.34. The SMILES string of the molecule is CC(N)O.O=C(Nc1ccc([N+](=O)[O-])cc1Cl)c1cc(Cl)ccc1O. The first-order chi connectivity index (χ1) is 11.6. The van der Waals surface area contributed by atoms with Crippen molar-refractivity contribution in [3.05, 3.63) is 62.1 Å². The largest absolute Gasteiger partial charge is 0.507 e. The summed E-state index contributed by atoms with van der Waals surface area (Å²) in [4.78, 5) is 22.0. The molecule has 2 aromatic rings. The molecule has 1 atom stereocenters. The third kappa shape index (κ3) is 6.55. The normalized spacial score (nSPS) is 11.1. The summed E-state index contributed by atoms with van der Waals surface area (Å²) >= 11 is 11.6. The number of anilines is 1. The molecule has 0 bridgehead atoms. The molecular weight excluding hydrogens is 373 g/mol. The Labute approximate surface area is 152 Å². The molecule has 25 heavy (non-hydrogen) atoms. The smallest absolute Gasteiger partial charge is 0.271 e. The van der Waals surface area contributed by atoms with Crippen LogP contribution in [0.15, 0.2) is 36.4 Å². The van der Waals surface area contributed by atoms with Crippen molar-refractivity contribution in [2.45, 2.75) is 13.2 Å². The molecule has 0 saturated heterocycles. The Hall–Kier alpha value is -2.39. The molecule has 134 valence electrons. The number of aromatic hydroxyl groups is 1. The van der Waals surface area contributed by atoms with Crippen LogP contribution in [0.25, 0.3) is 0 Å². The van der Waals surface area contributed by atoms with Gasteiger partial charge in [0.1, 0.15) is 5.75 Å². The van der Waals surface area contributed by atoms with Crippen LogP contribution < -0.4 is 11.1 Å². The van der Waals surface area contributed by atoms with Crippen molar-refractivity contribution in [1.82, 2.24) is 0 Å². The average Bonchev–Trinajstić information content (AvgIpc) is 2.50. The van der Waals surface area contributed by atoms with Gasteiger partial charge in [-0.2, -0.15) is 0 Å². The van der Waals surface area contributed by atoms with Gasteiger partial charge in [-0.05, 0) is 31.2 Å². The van der Waals surface area contributed by atoms with Gasteiger partial charge in [-0.1, -0.05) is 23.2 Å². The molecule has 0 heterocycles. The monoisotopic (exact) mass is 387 g/mol. The first-order valence-corrected chi connectivity index (χ1v) is 7.55. The van der Waals surface area contributed by atoms with Crippen molar-refractivity contribution in [3.8, 4) is 5.75 Å². The zero-order valence-electron chi connectivity index (χ0n) is 12.9. The highest BCUT2D eigenvalue weighted by Gasteiger charge is 2.15. The number of nitro benzene ring substituents is 1. The summed E-state index contributed by atoms with van der Waals surface area (Å²) < 4.78 is 0. The number of benzene rings is 2. The zero-order valence-corrected chi connectivity index (χ0v) is 14.5. The maximum absolute atomic E-state index is 12.0. The lowest BCUT2D eigenvalue weighted by Crippen LogP contribution is -2.12. The third-order valence-corrected chi connectivity index (χ3v) is 3.16. The summed E-state index contributed by atoms with van der Waals surface area (Å²) in [5, 5.41) is 30.8. The number of nitrogens with zero attached hydrogens (tertiary/aromatic N) is 1. The van der Waals surface area contributed by atoms with Gasteiger partial charge in [-0.15, -0.1) is 0 Å². The van der Waals surface area contributed by atoms with E-state index >= 15 is 0 Å². The number of aliphatic hydroxyl groups is 1. The second-order valence-electron chi connectivity index (χ2n) is 4.78. The molecule has 0 aliphatic carbocycles. The van der Waals surface area contributed by atoms with Gasteiger partial charge in [0.2, 0.25) is 0 Å². The van der Waals surface area contributed by atoms with Gasteiger partial charge in [-0.3, -0.25) is 14.9 Å². The van der Waals surface area contributed by atoms with E-state index in [0.717, 1.165) is 6.07 Å². The quantitative estimate of drug-likeness (QED) is 0.362. The lowest BCUT2D eigenvalue weighted by Gasteiger charge is -2.08. The minimum atomic E-state index is -0.667.